The molecule has 0 fully saturated rings. The molecule has 0 saturated heterocycles. The summed E-state index contributed by atoms with van der Waals surface area (Å²) in [6.07, 6.45) is 2.32. The monoisotopic (exact) mass is 326 g/mol. The van der Waals surface area contributed by atoms with Crippen molar-refractivity contribution in [3.63, 3.8) is 0 Å². The third kappa shape index (κ3) is 4.13. The zero-order valence-corrected chi connectivity index (χ0v) is 13.1. The van der Waals surface area contributed by atoms with E-state index in [0.29, 0.717) is 0 Å². The van der Waals surface area contributed by atoms with Gasteiger partial charge < -0.3 is 0 Å². The zero-order chi connectivity index (χ0) is 14.9. The van der Waals surface area contributed by atoms with Crippen molar-refractivity contribution in [2.75, 3.05) is 12.8 Å². The number of sulfone groups is 1. The fourth-order valence-corrected chi connectivity index (χ4v) is 2.92. The van der Waals surface area contributed by atoms with Crippen LogP contribution in [0.3, 0.4) is 0 Å². The largest absolute Gasteiger partial charge is 0.244 e. The van der Waals surface area contributed by atoms with Crippen LogP contribution in [0, 0.1) is 0 Å². The third-order valence-electron chi connectivity index (χ3n) is 2.70. The van der Waals surface area contributed by atoms with E-state index in [1.807, 2.05) is 0 Å². The minimum atomic E-state index is -3.82. The summed E-state index contributed by atoms with van der Waals surface area (Å²) in [6.45, 7) is 2.67. The Kier molecular flexibility index (Phi) is 4.61. The summed E-state index contributed by atoms with van der Waals surface area (Å²) in [4.78, 5) is 3.62. The maximum atomic E-state index is 12.0. The maximum Gasteiger partial charge on any atom is 0.240 e. The van der Waals surface area contributed by atoms with E-state index in [0.717, 1.165) is 6.26 Å². The summed E-state index contributed by atoms with van der Waals surface area (Å²) in [6, 6.07) is 2.47. The Morgan fingerprint density at radius 3 is 2.37 bits per heavy atom. The van der Waals surface area contributed by atoms with Crippen LogP contribution in [0.5, 0.6) is 0 Å². The minimum Gasteiger partial charge on any atom is -0.244 e. The van der Waals surface area contributed by atoms with Crippen LogP contribution >= 0.6 is 11.6 Å². The number of hydrogen-bond acceptors (Lipinski definition) is 5. The van der Waals surface area contributed by atoms with Crippen molar-refractivity contribution in [3.8, 4) is 0 Å². The number of aromatic nitrogens is 1. The van der Waals surface area contributed by atoms with E-state index < -0.39 is 24.6 Å². The first kappa shape index (κ1) is 16.4. The molecule has 1 heterocycles. The summed E-state index contributed by atoms with van der Waals surface area (Å²) in [5.74, 6) is 0. The second-order valence-corrected chi connectivity index (χ2v) is 9.47. The molecule has 0 aliphatic heterocycles. The molecule has 0 atom stereocenters. The van der Waals surface area contributed by atoms with E-state index in [-0.39, 0.29) is 16.6 Å². The molecule has 108 valence electrons. The first-order valence-corrected chi connectivity index (χ1v) is 9.02. The standard InChI is InChI=1S/C10H15ClN2O4S2/c1-10(2,18(3,14)15)7-13-19(16,17)8-4-5-12-9(11)6-8/h4-6,13H,7H2,1-3H3. The van der Waals surface area contributed by atoms with Crippen LogP contribution in [0.15, 0.2) is 23.2 Å². The molecular formula is C10H15ClN2O4S2. The van der Waals surface area contributed by atoms with Crippen LogP contribution in [0.2, 0.25) is 5.15 Å². The lowest BCUT2D eigenvalue weighted by Gasteiger charge is -2.22. The zero-order valence-electron chi connectivity index (χ0n) is 10.7. The number of pyridine rings is 1. The van der Waals surface area contributed by atoms with Gasteiger partial charge in [0.2, 0.25) is 10.0 Å². The number of halogens is 1. The molecule has 0 radical (unpaired) electrons. The predicted molar refractivity (Wildman–Crippen MR) is 73.4 cm³/mol. The smallest absolute Gasteiger partial charge is 0.240 e. The molecule has 0 amide bonds. The van der Waals surface area contributed by atoms with Gasteiger partial charge in [-0.05, 0) is 26.0 Å². The molecule has 1 aromatic rings. The minimum absolute atomic E-state index is 0.0465. The lowest BCUT2D eigenvalue weighted by atomic mass is 10.2. The highest BCUT2D eigenvalue weighted by molar-refractivity contribution is 7.92. The van der Waals surface area contributed by atoms with Gasteiger partial charge in [0.05, 0.1) is 9.64 Å². The molecule has 19 heavy (non-hydrogen) atoms. The molecule has 9 heteroatoms. The fourth-order valence-electron chi connectivity index (χ4n) is 1.04. The van der Waals surface area contributed by atoms with Crippen LogP contribution in [0.1, 0.15) is 13.8 Å². The number of nitrogens with zero attached hydrogens (tertiary/aromatic N) is 1. The summed E-state index contributed by atoms with van der Waals surface area (Å²) >= 11 is 5.61. The highest BCUT2D eigenvalue weighted by Crippen LogP contribution is 2.16. The molecular weight excluding hydrogens is 312 g/mol. The van der Waals surface area contributed by atoms with Crippen molar-refractivity contribution in [2.24, 2.45) is 0 Å². The summed E-state index contributed by atoms with van der Waals surface area (Å²) in [7, 11) is -7.20. The topological polar surface area (TPSA) is 93.2 Å². The van der Waals surface area contributed by atoms with Crippen LogP contribution in [-0.4, -0.2) is 39.4 Å². The lowest BCUT2D eigenvalue weighted by Crippen LogP contribution is -2.43. The third-order valence-corrected chi connectivity index (χ3v) is 6.46. The Morgan fingerprint density at radius 2 is 1.89 bits per heavy atom. The van der Waals surface area contributed by atoms with Crippen molar-refractivity contribution in [1.29, 1.82) is 0 Å². The van der Waals surface area contributed by atoms with Crippen LogP contribution in [0.4, 0.5) is 0 Å². The van der Waals surface area contributed by atoms with Gasteiger partial charge in [-0.15, -0.1) is 0 Å². The SMILES string of the molecule is CC(C)(CNS(=O)(=O)c1ccnc(Cl)c1)S(C)(=O)=O. The van der Waals surface area contributed by atoms with E-state index in [1.54, 1.807) is 0 Å². The summed E-state index contributed by atoms with van der Waals surface area (Å²) in [5.41, 5.74) is 0. The first-order valence-electron chi connectivity index (χ1n) is 5.26. The molecule has 0 aromatic carbocycles. The second-order valence-electron chi connectivity index (χ2n) is 4.67. The molecule has 0 aliphatic carbocycles. The molecule has 1 N–H and O–H groups in total. The highest BCUT2D eigenvalue weighted by Gasteiger charge is 2.31. The second kappa shape index (κ2) is 5.35. The first-order chi connectivity index (χ1) is 8.46. The molecule has 0 bridgehead atoms. The summed E-state index contributed by atoms with van der Waals surface area (Å²) in [5, 5.41) is 0.0465. The molecule has 1 aromatic heterocycles. The lowest BCUT2D eigenvalue weighted by molar-refractivity contribution is 0.537. The van der Waals surface area contributed by atoms with Gasteiger partial charge in [-0.2, -0.15) is 0 Å². The van der Waals surface area contributed by atoms with Crippen molar-refractivity contribution < 1.29 is 16.8 Å². The van der Waals surface area contributed by atoms with Crippen LogP contribution in [-0.2, 0) is 19.9 Å². The molecule has 0 spiro atoms. The van der Waals surface area contributed by atoms with Gasteiger partial charge in [0, 0.05) is 19.0 Å². The quantitative estimate of drug-likeness (QED) is 0.809. The number of nitrogens with one attached hydrogen (secondary N) is 1. The Balaban J connectivity index is 2.95. The van der Waals surface area contributed by atoms with E-state index in [9.17, 15) is 16.8 Å². The maximum absolute atomic E-state index is 12.0. The van der Waals surface area contributed by atoms with Gasteiger partial charge in [-0.1, -0.05) is 11.6 Å². The summed E-state index contributed by atoms with van der Waals surface area (Å²) < 4.78 is 48.0. The number of sulfonamides is 1. The molecule has 0 unspecified atom stereocenters. The van der Waals surface area contributed by atoms with Gasteiger partial charge in [0.25, 0.3) is 0 Å². The predicted octanol–water partition coefficient (Wildman–Crippen LogP) is 0.837. The molecule has 1 rings (SSSR count). The Morgan fingerprint density at radius 1 is 1.32 bits per heavy atom. The number of rotatable bonds is 5. The molecule has 6 nitrogen and oxygen atoms in total. The van der Waals surface area contributed by atoms with Crippen molar-refractivity contribution in [1.82, 2.24) is 9.71 Å². The highest BCUT2D eigenvalue weighted by atomic mass is 35.5. The van der Waals surface area contributed by atoms with E-state index in [2.05, 4.69) is 9.71 Å². The average Bonchev–Trinajstić information content (AvgIpc) is 2.25. The van der Waals surface area contributed by atoms with Crippen LogP contribution in [0.25, 0.3) is 0 Å². The fraction of sp³-hybridized carbons (Fsp3) is 0.500. The van der Waals surface area contributed by atoms with E-state index in [4.69, 9.17) is 11.6 Å². The normalized spacial score (nSPS) is 13.5. The molecule has 0 saturated carbocycles. The Hall–Kier alpha value is -0.700. The van der Waals surface area contributed by atoms with E-state index >= 15 is 0 Å². The van der Waals surface area contributed by atoms with Crippen molar-refractivity contribution >= 4 is 31.5 Å². The van der Waals surface area contributed by atoms with Crippen LogP contribution < -0.4 is 4.72 Å². The van der Waals surface area contributed by atoms with E-state index in [1.165, 1.54) is 32.2 Å². The van der Waals surface area contributed by atoms with Crippen molar-refractivity contribution in [3.05, 3.63) is 23.5 Å². The van der Waals surface area contributed by atoms with Gasteiger partial charge >= 0.3 is 0 Å². The van der Waals surface area contributed by atoms with Gasteiger partial charge in [0.1, 0.15) is 5.15 Å². The Labute approximate surface area is 118 Å². The number of hydrogen-bond donors (Lipinski definition) is 1. The van der Waals surface area contributed by atoms with Gasteiger partial charge in [0.15, 0.2) is 9.84 Å². The van der Waals surface area contributed by atoms with Gasteiger partial charge in [-0.3, -0.25) is 0 Å². The van der Waals surface area contributed by atoms with Crippen molar-refractivity contribution in [2.45, 2.75) is 23.5 Å². The average molecular weight is 327 g/mol. The Bertz CT molecular complexity index is 669. The molecule has 0 aliphatic rings. The van der Waals surface area contributed by atoms with Gasteiger partial charge in [-0.25, -0.2) is 26.5 Å².